The molecule has 2 heterocycles. The van der Waals surface area contributed by atoms with Crippen LogP contribution >= 0.6 is 0 Å². The molecule has 1 aromatic heterocycles. The smallest absolute Gasteiger partial charge is 0.250 e. The number of aromatic nitrogens is 3. The molecular formula is C21H23N7O2. The van der Waals surface area contributed by atoms with E-state index in [2.05, 4.69) is 35.7 Å². The summed E-state index contributed by atoms with van der Waals surface area (Å²) in [7, 11) is 1.57. The maximum absolute atomic E-state index is 9.99. The summed E-state index contributed by atoms with van der Waals surface area (Å²) in [5.41, 5.74) is 4.23. The average molecular weight is 405 g/mol. The lowest BCUT2D eigenvalue weighted by molar-refractivity contribution is 0.412. The van der Waals surface area contributed by atoms with E-state index in [0.29, 0.717) is 29.2 Å². The summed E-state index contributed by atoms with van der Waals surface area (Å²) in [5.74, 6) is 2.06. The Morgan fingerprint density at radius 1 is 1.03 bits per heavy atom. The Morgan fingerprint density at radius 3 is 2.57 bits per heavy atom. The van der Waals surface area contributed by atoms with Gasteiger partial charge in [-0.2, -0.15) is 20.1 Å². The average Bonchev–Trinajstić information content (AvgIpc) is 3.31. The standard InChI is InChI=1S/C21H23N7O2/c1-30-17-9-10-18(29)15(13-17)14-22-27-20-24-19(23-16-7-3-2-4-8-16)25-21(26-20)28-11-5-6-12-28/h2-4,7-10,13-14,29H,5-6,11-12H2,1H3,(H2,23,24,25,26,27)/b22-14-. The largest absolute Gasteiger partial charge is 0.507 e. The molecule has 30 heavy (non-hydrogen) atoms. The zero-order valence-corrected chi connectivity index (χ0v) is 16.6. The van der Waals surface area contributed by atoms with Gasteiger partial charge in [-0.1, -0.05) is 18.2 Å². The van der Waals surface area contributed by atoms with Crippen LogP contribution in [0.2, 0.25) is 0 Å². The summed E-state index contributed by atoms with van der Waals surface area (Å²) in [6.07, 6.45) is 3.72. The summed E-state index contributed by atoms with van der Waals surface area (Å²) in [4.78, 5) is 15.6. The van der Waals surface area contributed by atoms with Crippen LogP contribution in [-0.2, 0) is 0 Å². The molecule has 0 unspecified atom stereocenters. The first-order valence-corrected chi connectivity index (χ1v) is 9.70. The van der Waals surface area contributed by atoms with Gasteiger partial charge in [0.1, 0.15) is 11.5 Å². The Labute approximate surface area is 174 Å². The number of phenols is 1. The van der Waals surface area contributed by atoms with E-state index in [1.54, 1.807) is 25.3 Å². The number of anilines is 4. The van der Waals surface area contributed by atoms with Crippen molar-refractivity contribution in [2.45, 2.75) is 12.8 Å². The minimum Gasteiger partial charge on any atom is -0.507 e. The molecule has 1 fully saturated rings. The molecular weight excluding hydrogens is 382 g/mol. The number of para-hydroxylation sites is 1. The monoisotopic (exact) mass is 405 g/mol. The van der Waals surface area contributed by atoms with Crippen LogP contribution in [-0.4, -0.2) is 46.5 Å². The van der Waals surface area contributed by atoms with Crippen LogP contribution < -0.4 is 20.4 Å². The van der Waals surface area contributed by atoms with Crippen molar-refractivity contribution in [3.8, 4) is 11.5 Å². The fourth-order valence-corrected chi connectivity index (χ4v) is 3.10. The number of rotatable bonds is 7. The molecule has 0 spiro atoms. The van der Waals surface area contributed by atoms with Crippen LogP contribution in [0.25, 0.3) is 0 Å². The highest BCUT2D eigenvalue weighted by Gasteiger charge is 2.17. The first-order valence-electron chi connectivity index (χ1n) is 9.70. The molecule has 3 aromatic rings. The quantitative estimate of drug-likeness (QED) is 0.406. The fraction of sp³-hybridized carbons (Fsp3) is 0.238. The van der Waals surface area contributed by atoms with Crippen molar-refractivity contribution in [3.63, 3.8) is 0 Å². The van der Waals surface area contributed by atoms with Crippen LogP contribution in [0, 0.1) is 0 Å². The van der Waals surface area contributed by atoms with Gasteiger partial charge in [-0.15, -0.1) is 0 Å². The number of phenolic OH excluding ortho intramolecular Hbond substituents is 1. The van der Waals surface area contributed by atoms with Crippen molar-refractivity contribution in [2.24, 2.45) is 5.10 Å². The number of nitrogens with one attached hydrogen (secondary N) is 2. The van der Waals surface area contributed by atoms with E-state index in [4.69, 9.17) is 4.74 Å². The Bertz CT molecular complexity index is 1020. The van der Waals surface area contributed by atoms with Crippen LogP contribution in [0.3, 0.4) is 0 Å². The van der Waals surface area contributed by atoms with E-state index in [9.17, 15) is 5.11 Å². The van der Waals surface area contributed by atoms with Crippen LogP contribution in [0.1, 0.15) is 18.4 Å². The predicted molar refractivity (Wildman–Crippen MR) is 117 cm³/mol. The zero-order valence-electron chi connectivity index (χ0n) is 16.6. The maximum Gasteiger partial charge on any atom is 0.250 e. The van der Waals surface area contributed by atoms with Gasteiger partial charge >= 0.3 is 0 Å². The second-order valence-electron chi connectivity index (χ2n) is 6.76. The second-order valence-corrected chi connectivity index (χ2v) is 6.76. The number of methoxy groups -OCH3 is 1. The van der Waals surface area contributed by atoms with Gasteiger partial charge in [-0.3, -0.25) is 0 Å². The molecule has 1 aliphatic rings. The normalized spacial score (nSPS) is 13.6. The minimum atomic E-state index is 0.0983. The van der Waals surface area contributed by atoms with Crippen molar-refractivity contribution >= 4 is 29.7 Å². The predicted octanol–water partition coefficient (Wildman–Crippen LogP) is 3.38. The molecule has 1 aliphatic heterocycles. The Kier molecular flexibility index (Phi) is 5.88. The molecule has 3 N–H and O–H groups in total. The molecule has 1 saturated heterocycles. The molecule has 0 aliphatic carbocycles. The third-order valence-electron chi connectivity index (χ3n) is 4.65. The van der Waals surface area contributed by atoms with Gasteiger partial charge in [0.2, 0.25) is 17.8 Å². The number of nitrogens with zero attached hydrogens (tertiary/aromatic N) is 5. The number of ether oxygens (including phenoxy) is 1. The van der Waals surface area contributed by atoms with Gasteiger partial charge in [-0.05, 0) is 43.2 Å². The summed E-state index contributed by atoms with van der Waals surface area (Å²) in [6.45, 7) is 1.82. The summed E-state index contributed by atoms with van der Waals surface area (Å²) in [6, 6.07) is 14.6. The number of hydrogen-bond acceptors (Lipinski definition) is 9. The van der Waals surface area contributed by atoms with Crippen molar-refractivity contribution in [1.82, 2.24) is 15.0 Å². The van der Waals surface area contributed by atoms with Gasteiger partial charge < -0.3 is 20.1 Å². The minimum absolute atomic E-state index is 0.0983. The lowest BCUT2D eigenvalue weighted by Crippen LogP contribution is -2.21. The molecule has 0 bridgehead atoms. The molecule has 9 heteroatoms. The third kappa shape index (κ3) is 4.75. The Hall–Kier alpha value is -3.88. The fourth-order valence-electron chi connectivity index (χ4n) is 3.10. The lowest BCUT2D eigenvalue weighted by atomic mass is 10.2. The van der Waals surface area contributed by atoms with Gasteiger partial charge in [-0.25, -0.2) is 5.43 Å². The molecule has 0 radical (unpaired) electrons. The summed E-state index contributed by atoms with van der Waals surface area (Å²) in [5, 5.41) is 17.4. The number of hydrazone groups is 1. The Morgan fingerprint density at radius 2 is 1.80 bits per heavy atom. The number of aromatic hydroxyl groups is 1. The van der Waals surface area contributed by atoms with E-state index in [0.717, 1.165) is 31.6 Å². The lowest BCUT2D eigenvalue weighted by Gasteiger charge is -2.16. The highest BCUT2D eigenvalue weighted by atomic mass is 16.5. The first kappa shape index (κ1) is 19.4. The molecule has 154 valence electrons. The Balaban J connectivity index is 1.57. The van der Waals surface area contributed by atoms with E-state index >= 15 is 0 Å². The summed E-state index contributed by atoms with van der Waals surface area (Å²) < 4.78 is 5.18. The van der Waals surface area contributed by atoms with Crippen molar-refractivity contribution < 1.29 is 9.84 Å². The van der Waals surface area contributed by atoms with Gasteiger partial charge in [0.15, 0.2) is 0 Å². The third-order valence-corrected chi connectivity index (χ3v) is 4.65. The van der Waals surface area contributed by atoms with E-state index < -0.39 is 0 Å². The molecule has 9 nitrogen and oxygen atoms in total. The van der Waals surface area contributed by atoms with Crippen LogP contribution in [0.5, 0.6) is 11.5 Å². The van der Waals surface area contributed by atoms with Crippen LogP contribution in [0.4, 0.5) is 23.5 Å². The maximum atomic E-state index is 9.99. The van der Waals surface area contributed by atoms with E-state index in [1.807, 2.05) is 30.3 Å². The second kappa shape index (κ2) is 9.08. The highest BCUT2D eigenvalue weighted by Crippen LogP contribution is 2.22. The van der Waals surface area contributed by atoms with E-state index in [-0.39, 0.29) is 5.75 Å². The van der Waals surface area contributed by atoms with Gasteiger partial charge in [0, 0.05) is 24.3 Å². The number of benzene rings is 2. The molecule has 0 saturated carbocycles. The molecule has 0 atom stereocenters. The molecule has 4 rings (SSSR count). The van der Waals surface area contributed by atoms with Crippen molar-refractivity contribution in [2.75, 3.05) is 35.8 Å². The molecule has 0 amide bonds. The zero-order chi connectivity index (χ0) is 20.8. The molecule has 2 aromatic carbocycles. The van der Waals surface area contributed by atoms with Crippen molar-refractivity contribution in [1.29, 1.82) is 0 Å². The summed E-state index contributed by atoms with van der Waals surface area (Å²) >= 11 is 0. The first-order chi connectivity index (χ1) is 14.7. The number of hydrogen-bond donors (Lipinski definition) is 3. The van der Waals surface area contributed by atoms with Gasteiger partial charge in [0.25, 0.3) is 0 Å². The van der Waals surface area contributed by atoms with Gasteiger partial charge in [0.05, 0.1) is 13.3 Å². The van der Waals surface area contributed by atoms with E-state index in [1.165, 1.54) is 6.21 Å². The van der Waals surface area contributed by atoms with Crippen molar-refractivity contribution in [3.05, 3.63) is 54.1 Å². The van der Waals surface area contributed by atoms with Crippen LogP contribution in [0.15, 0.2) is 53.6 Å². The highest BCUT2D eigenvalue weighted by molar-refractivity contribution is 5.84. The topological polar surface area (TPSA) is 108 Å². The SMILES string of the molecule is COc1ccc(O)c(/C=N\Nc2nc(Nc3ccccc3)nc(N3CCCC3)n2)c1.